The number of para-hydroxylation sites is 2. The Morgan fingerprint density at radius 2 is 1.68 bits per heavy atom. The van der Waals surface area contributed by atoms with Gasteiger partial charge < -0.3 is 24.2 Å². The molecule has 0 unspecified atom stereocenters. The van der Waals surface area contributed by atoms with Crippen molar-refractivity contribution in [3.05, 3.63) is 66.1 Å². The van der Waals surface area contributed by atoms with Crippen LogP contribution in [0.4, 0.5) is 23.2 Å². The fourth-order valence-corrected chi connectivity index (χ4v) is 3.76. The van der Waals surface area contributed by atoms with Gasteiger partial charge in [0.25, 0.3) is 0 Å². The highest BCUT2D eigenvalue weighted by Gasteiger charge is 2.38. The minimum absolute atomic E-state index is 0.112. The van der Waals surface area contributed by atoms with E-state index in [0.29, 0.717) is 31.7 Å². The van der Waals surface area contributed by atoms with Gasteiger partial charge in [-0.05, 0) is 42.8 Å². The van der Waals surface area contributed by atoms with Crippen LogP contribution in [0.5, 0.6) is 5.75 Å². The van der Waals surface area contributed by atoms with Crippen LogP contribution in [0.15, 0.2) is 59.3 Å². The normalized spacial score (nSPS) is 13.5. The number of carboxylic acids is 1. The Morgan fingerprint density at radius 3 is 2.27 bits per heavy atom. The predicted molar refractivity (Wildman–Crippen MR) is 126 cm³/mol. The van der Waals surface area contributed by atoms with Gasteiger partial charge in [-0.25, -0.2) is 9.18 Å². The molecule has 3 aromatic rings. The zero-order chi connectivity index (χ0) is 27.0. The maximum absolute atomic E-state index is 13.2. The van der Waals surface area contributed by atoms with Gasteiger partial charge in [-0.3, -0.25) is 4.79 Å². The molecular formula is C25H25F4N3O5. The number of nitrogens with zero attached hydrogens (tertiary/aromatic N) is 3. The first-order valence-electron chi connectivity index (χ1n) is 11.3. The minimum Gasteiger partial charge on any atom is -0.495 e. The predicted octanol–water partition coefficient (Wildman–Crippen LogP) is 4.40. The first kappa shape index (κ1) is 27.5. The van der Waals surface area contributed by atoms with Gasteiger partial charge in [-0.2, -0.15) is 13.2 Å². The van der Waals surface area contributed by atoms with E-state index in [4.69, 9.17) is 19.2 Å². The maximum atomic E-state index is 13.2. The number of carbonyl (C=O) groups is 2. The molecule has 1 aliphatic rings. The summed E-state index contributed by atoms with van der Waals surface area (Å²) < 4.78 is 55.7. The molecule has 0 bridgehead atoms. The fourth-order valence-electron chi connectivity index (χ4n) is 3.76. The molecule has 0 radical (unpaired) electrons. The Hall–Kier alpha value is -4.09. The van der Waals surface area contributed by atoms with E-state index in [2.05, 4.69) is 10.1 Å². The summed E-state index contributed by atoms with van der Waals surface area (Å²) in [5.41, 5.74) is 2.66. The first-order chi connectivity index (χ1) is 17.6. The van der Waals surface area contributed by atoms with E-state index >= 15 is 0 Å². The second-order valence-corrected chi connectivity index (χ2v) is 8.03. The van der Waals surface area contributed by atoms with Crippen LogP contribution in [0.2, 0.25) is 0 Å². The number of anilines is 1. The van der Waals surface area contributed by atoms with Gasteiger partial charge in [0.15, 0.2) is 5.76 Å². The number of halogens is 4. The topological polar surface area (TPSA) is 96.1 Å². The van der Waals surface area contributed by atoms with E-state index in [-0.39, 0.29) is 11.7 Å². The van der Waals surface area contributed by atoms with Crippen molar-refractivity contribution in [1.29, 1.82) is 0 Å². The highest BCUT2D eigenvalue weighted by atomic mass is 19.4. The Kier molecular flexibility index (Phi) is 9.10. The fraction of sp³-hybridized carbons (Fsp3) is 0.320. The zero-order valence-corrected chi connectivity index (χ0v) is 19.9. The van der Waals surface area contributed by atoms with E-state index < -0.39 is 12.1 Å². The third-order valence-electron chi connectivity index (χ3n) is 5.66. The molecule has 1 N–H and O–H groups in total. The van der Waals surface area contributed by atoms with Crippen molar-refractivity contribution in [2.75, 3.05) is 38.2 Å². The molecule has 12 heteroatoms. The van der Waals surface area contributed by atoms with Gasteiger partial charge in [0, 0.05) is 43.7 Å². The molecule has 1 aliphatic heterocycles. The molecule has 1 fully saturated rings. The van der Waals surface area contributed by atoms with Gasteiger partial charge in [-0.15, -0.1) is 0 Å². The second-order valence-electron chi connectivity index (χ2n) is 8.03. The van der Waals surface area contributed by atoms with Gasteiger partial charge in [0.1, 0.15) is 11.6 Å². The number of methoxy groups -OCH3 is 1. The van der Waals surface area contributed by atoms with E-state index in [9.17, 15) is 22.4 Å². The van der Waals surface area contributed by atoms with Crippen molar-refractivity contribution in [3.8, 4) is 17.1 Å². The van der Waals surface area contributed by atoms with Crippen molar-refractivity contribution in [3.63, 3.8) is 0 Å². The summed E-state index contributed by atoms with van der Waals surface area (Å²) in [4.78, 5) is 25.8. The zero-order valence-electron chi connectivity index (χ0n) is 19.9. The summed E-state index contributed by atoms with van der Waals surface area (Å²) >= 11 is 0. The van der Waals surface area contributed by atoms with Crippen molar-refractivity contribution in [2.45, 2.75) is 19.0 Å². The SMILES string of the molecule is COc1ccccc1N1CCN(C(=O)CCc2cnoc2-c2ccc(F)cc2)CC1.O=C(O)C(F)(F)F. The van der Waals surface area contributed by atoms with Crippen LogP contribution >= 0.6 is 0 Å². The van der Waals surface area contributed by atoms with E-state index in [1.165, 1.54) is 12.1 Å². The van der Waals surface area contributed by atoms with Crippen molar-refractivity contribution in [1.82, 2.24) is 10.1 Å². The summed E-state index contributed by atoms with van der Waals surface area (Å²) in [6, 6.07) is 14.0. The third kappa shape index (κ3) is 7.45. The lowest BCUT2D eigenvalue weighted by molar-refractivity contribution is -0.192. The lowest BCUT2D eigenvalue weighted by atomic mass is 10.0. The highest BCUT2D eigenvalue weighted by molar-refractivity contribution is 5.77. The molecule has 0 spiro atoms. The van der Waals surface area contributed by atoms with Crippen LogP contribution in [0.3, 0.4) is 0 Å². The number of rotatable bonds is 6. The third-order valence-corrected chi connectivity index (χ3v) is 5.66. The quantitative estimate of drug-likeness (QED) is 0.479. The number of carboxylic acid groups (broad SMARTS) is 1. The van der Waals surface area contributed by atoms with Gasteiger partial charge in [-0.1, -0.05) is 17.3 Å². The molecule has 4 rings (SSSR count). The molecular weight excluding hydrogens is 498 g/mol. The van der Waals surface area contributed by atoms with Crippen LogP contribution in [0.25, 0.3) is 11.3 Å². The van der Waals surface area contributed by atoms with Crippen LogP contribution in [0.1, 0.15) is 12.0 Å². The molecule has 37 heavy (non-hydrogen) atoms. The highest BCUT2D eigenvalue weighted by Crippen LogP contribution is 2.29. The summed E-state index contributed by atoms with van der Waals surface area (Å²) in [6.07, 6.45) is -2.54. The van der Waals surface area contributed by atoms with Crippen molar-refractivity contribution in [2.24, 2.45) is 0 Å². The lowest BCUT2D eigenvalue weighted by Crippen LogP contribution is -2.48. The number of aryl methyl sites for hydroxylation is 1. The number of hydrogen-bond acceptors (Lipinski definition) is 6. The number of piperazine rings is 1. The monoisotopic (exact) mass is 523 g/mol. The molecule has 0 saturated carbocycles. The molecule has 0 atom stereocenters. The Labute approximate surface area is 210 Å². The smallest absolute Gasteiger partial charge is 0.490 e. The molecule has 0 aliphatic carbocycles. The molecule has 2 aromatic carbocycles. The van der Waals surface area contributed by atoms with Crippen LogP contribution in [-0.2, 0) is 16.0 Å². The van der Waals surface area contributed by atoms with Gasteiger partial charge >= 0.3 is 12.1 Å². The number of aromatic nitrogens is 1. The Morgan fingerprint density at radius 1 is 1.05 bits per heavy atom. The van der Waals surface area contributed by atoms with Gasteiger partial charge in [0.2, 0.25) is 5.91 Å². The number of amides is 1. The number of aliphatic carboxylic acids is 1. The van der Waals surface area contributed by atoms with Crippen LogP contribution in [0, 0.1) is 5.82 Å². The standard InChI is InChI=1S/C23H24FN3O3.C2HF3O2/c1-29-21-5-3-2-4-20(21)26-12-14-27(15-13-26)22(28)11-8-18-16-25-30-23(18)17-6-9-19(24)10-7-17;3-2(4,5)1(6)7/h2-7,9-10,16H,8,11-15H2,1H3;(H,6,7). The molecule has 1 aromatic heterocycles. The average molecular weight is 523 g/mol. The summed E-state index contributed by atoms with van der Waals surface area (Å²) in [6.45, 7) is 2.87. The summed E-state index contributed by atoms with van der Waals surface area (Å²) in [7, 11) is 1.67. The van der Waals surface area contributed by atoms with Gasteiger partial charge in [0.05, 0.1) is 19.0 Å². The average Bonchev–Trinajstić information content (AvgIpc) is 3.36. The first-order valence-corrected chi connectivity index (χ1v) is 11.3. The number of alkyl halides is 3. The Balaban J connectivity index is 0.000000479. The van der Waals surface area contributed by atoms with Crippen molar-refractivity contribution >= 4 is 17.6 Å². The number of ether oxygens (including phenoxy) is 1. The maximum Gasteiger partial charge on any atom is 0.490 e. The largest absolute Gasteiger partial charge is 0.495 e. The minimum atomic E-state index is -5.08. The lowest BCUT2D eigenvalue weighted by Gasteiger charge is -2.36. The second kappa shape index (κ2) is 12.2. The number of carbonyl (C=O) groups excluding carboxylic acids is 1. The molecule has 8 nitrogen and oxygen atoms in total. The molecule has 198 valence electrons. The van der Waals surface area contributed by atoms with Crippen molar-refractivity contribution < 1.29 is 41.5 Å². The number of hydrogen-bond donors (Lipinski definition) is 1. The molecule has 1 amide bonds. The van der Waals surface area contributed by atoms with Crippen LogP contribution in [-0.4, -0.2) is 66.5 Å². The number of benzene rings is 2. The molecule has 2 heterocycles. The summed E-state index contributed by atoms with van der Waals surface area (Å²) in [5.74, 6) is -1.52. The van der Waals surface area contributed by atoms with E-state index in [1.54, 1.807) is 25.4 Å². The van der Waals surface area contributed by atoms with Crippen LogP contribution < -0.4 is 9.64 Å². The molecule has 1 saturated heterocycles. The van der Waals surface area contributed by atoms with E-state index in [0.717, 1.165) is 35.7 Å². The van der Waals surface area contributed by atoms with E-state index in [1.807, 2.05) is 29.2 Å². The summed E-state index contributed by atoms with van der Waals surface area (Å²) in [5, 5.41) is 11.0. The Bertz CT molecular complexity index is 1190.